The first-order chi connectivity index (χ1) is 20.1. The molecule has 42 heavy (non-hydrogen) atoms. The summed E-state index contributed by atoms with van der Waals surface area (Å²) in [6.45, 7) is 12.6. The summed E-state index contributed by atoms with van der Waals surface area (Å²) < 4.78 is 18.0. The van der Waals surface area contributed by atoms with Gasteiger partial charge in [0.25, 0.3) is 0 Å². The lowest BCUT2D eigenvalue weighted by atomic mass is 9.99. The van der Waals surface area contributed by atoms with Crippen LogP contribution in [0.25, 0.3) is 0 Å². The van der Waals surface area contributed by atoms with E-state index in [1.165, 1.54) is 0 Å². The van der Waals surface area contributed by atoms with Gasteiger partial charge < -0.3 is 30.2 Å². The van der Waals surface area contributed by atoms with Crippen molar-refractivity contribution in [3.8, 4) is 17.2 Å². The molecular formula is C30H39N9O3. The molecule has 3 aromatic heterocycles. The van der Waals surface area contributed by atoms with Crippen molar-refractivity contribution in [1.82, 2.24) is 29.9 Å². The molecule has 4 aromatic rings. The Morgan fingerprint density at radius 1 is 0.429 bits per heavy atom. The van der Waals surface area contributed by atoms with Gasteiger partial charge in [-0.1, -0.05) is 0 Å². The lowest BCUT2D eigenvalue weighted by molar-refractivity contribution is 0.358. The molecule has 0 unspecified atom stereocenters. The van der Waals surface area contributed by atoms with Gasteiger partial charge in [-0.2, -0.15) is 0 Å². The van der Waals surface area contributed by atoms with Crippen molar-refractivity contribution >= 4 is 17.8 Å². The highest BCUT2D eigenvalue weighted by molar-refractivity contribution is 5.65. The SMILES string of the molecule is COc1c(CNc2nc(C)cc(C)n2)c(OC)c(CNc2nc(C)cc(C)n2)c(OC)c1CNc1nc(C)cc(C)n1. The molecule has 1 aromatic carbocycles. The molecule has 12 nitrogen and oxygen atoms in total. The van der Waals surface area contributed by atoms with Gasteiger partial charge in [0.2, 0.25) is 17.8 Å². The van der Waals surface area contributed by atoms with Crippen molar-refractivity contribution in [2.24, 2.45) is 0 Å². The maximum atomic E-state index is 6.02. The van der Waals surface area contributed by atoms with Crippen LogP contribution >= 0.6 is 0 Å². The lowest BCUT2D eigenvalue weighted by Crippen LogP contribution is -2.16. The molecule has 0 spiro atoms. The summed E-state index contributed by atoms with van der Waals surface area (Å²) in [5.41, 5.74) is 7.56. The number of hydrogen-bond donors (Lipinski definition) is 3. The molecule has 4 rings (SSSR count). The number of nitrogens with one attached hydrogen (secondary N) is 3. The summed E-state index contributed by atoms with van der Waals surface area (Å²) in [5.74, 6) is 3.34. The Morgan fingerprint density at radius 3 is 0.833 bits per heavy atom. The van der Waals surface area contributed by atoms with Crippen molar-refractivity contribution < 1.29 is 14.2 Å². The van der Waals surface area contributed by atoms with Crippen molar-refractivity contribution in [2.75, 3.05) is 37.3 Å². The van der Waals surface area contributed by atoms with E-state index in [0.29, 0.717) is 54.7 Å². The number of rotatable bonds is 12. The minimum Gasteiger partial charge on any atom is -0.496 e. The summed E-state index contributed by atoms with van der Waals surface area (Å²) in [6.07, 6.45) is 0. The molecule has 222 valence electrons. The van der Waals surface area contributed by atoms with Crippen LogP contribution in [0.5, 0.6) is 17.2 Å². The van der Waals surface area contributed by atoms with Gasteiger partial charge in [0.05, 0.1) is 57.7 Å². The van der Waals surface area contributed by atoms with E-state index in [4.69, 9.17) is 14.2 Å². The van der Waals surface area contributed by atoms with Gasteiger partial charge >= 0.3 is 0 Å². The number of nitrogens with zero attached hydrogens (tertiary/aromatic N) is 6. The molecule has 0 aliphatic heterocycles. The Morgan fingerprint density at radius 2 is 0.643 bits per heavy atom. The van der Waals surface area contributed by atoms with E-state index in [2.05, 4.69) is 45.9 Å². The molecule has 3 N–H and O–H groups in total. The van der Waals surface area contributed by atoms with Crippen molar-refractivity contribution in [3.05, 3.63) is 69.1 Å². The first-order valence-corrected chi connectivity index (χ1v) is 13.6. The van der Waals surface area contributed by atoms with Crippen LogP contribution in [-0.4, -0.2) is 51.2 Å². The molecule has 0 radical (unpaired) electrons. The van der Waals surface area contributed by atoms with Gasteiger partial charge in [-0.05, 0) is 59.7 Å². The van der Waals surface area contributed by atoms with Gasteiger partial charge in [-0.3, -0.25) is 0 Å². The molecule has 0 aliphatic carbocycles. The third kappa shape index (κ3) is 7.12. The average molecular weight is 574 g/mol. The maximum absolute atomic E-state index is 6.02. The fourth-order valence-electron chi connectivity index (χ4n) is 4.99. The molecule has 0 bridgehead atoms. The monoisotopic (exact) mass is 573 g/mol. The Balaban J connectivity index is 1.81. The van der Waals surface area contributed by atoms with Crippen LogP contribution in [0.3, 0.4) is 0 Å². The first kappa shape index (κ1) is 30.2. The summed E-state index contributed by atoms with van der Waals surface area (Å²) >= 11 is 0. The summed E-state index contributed by atoms with van der Waals surface area (Å²) in [7, 11) is 4.88. The predicted molar refractivity (Wildman–Crippen MR) is 163 cm³/mol. The fraction of sp³-hybridized carbons (Fsp3) is 0.400. The van der Waals surface area contributed by atoms with Crippen LogP contribution in [0.1, 0.15) is 50.9 Å². The predicted octanol–water partition coefficient (Wildman–Crippen LogP) is 4.77. The fourth-order valence-corrected chi connectivity index (χ4v) is 4.99. The minimum atomic E-state index is 0.333. The molecule has 0 aliphatic rings. The number of anilines is 3. The molecule has 0 fully saturated rings. The van der Waals surface area contributed by atoms with Crippen LogP contribution in [-0.2, 0) is 19.6 Å². The Bertz CT molecular complexity index is 1310. The molecule has 12 heteroatoms. The largest absolute Gasteiger partial charge is 0.496 e. The Kier molecular flexibility index (Phi) is 9.56. The van der Waals surface area contributed by atoms with Crippen molar-refractivity contribution in [3.63, 3.8) is 0 Å². The van der Waals surface area contributed by atoms with Crippen LogP contribution in [0.15, 0.2) is 18.2 Å². The smallest absolute Gasteiger partial charge is 0.223 e. The Labute approximate surface area is 246 Å². The second-order valence-corrected chi connectivity index (χ2v) is 10.0. The van der Waals surface area contributed by atoms with E-state index in [1.54, 1.807) is 21.3 Å². The maximum Gasteiger partial charge on any atom is 0.223 e. The first-order valence-electron chi connectivity index (χ1n) is 13.6. The number of hydrogen-bond acceptors (Lipinski definition) is 12. The molecule has 0 amide bonds. The standard InChI is InChI=1S/C30H39N9O3/c1-16-10-17(2)35-28(34-16)31-13-22-25(40-7)23(14-32-29-36-18(3)11-19(4)37-29)27(42-9)24(26(22)41-8)15-33-30-38-20(5)12-21(6)39-30/h10-12H,13-15H2,1-9H3,(H,31,34,35)(H,32,36,37)(H,33,38,39). The van der Waals surface area contributed by atoms with Gasteiger partial charge in [-0.25, -0.2) is 29.9 Å². The molecule has 0 saturated heterocycles. The molecular weight excluding hydrogens is 534 g/mol. The molecule has 0 atom stereocenters. The van der Waals surface area contributed by atoms with Crippen molar-refractivity contribution in [2.45, 2.75) is 61.2 Å². The number of benzene rings is 1. The number of ether oxygens (including phenoxy) is 3. The second kappa shape index (κ2) is 13.3. The highest BCUT2D eigenvalue weighted by Gasteiger charge is 2.27. The van der Waals surface area contributed by atoms with Crippen molar-refractivity contribution in [1.29, 1.82) is 0 Å². The van der Waals surface area contributed by atoms with Gasteiger partial charge in [-0.15, -0.1) is 0 Å². The third-order valence-electron chi connectivity index (χ3n) is 6.47. The topological polar surface area (TPSA) is 141 Å². The van der Waals surface area contributed by atoms with Gasteiger partial charge in [0.1, 0.15) is 17.2 Å². The lowest BCUT2D eigenvalue weighted by Gasteiger charge is -2.25. The van der Waals surface area contributed by atoms with E-state index in [-0.39, 0.29) is 0 Å². The van der Waals surface area contributed by atoms with E-state index in [9.17, 15) is 0 Å². The van der Waals surface area contributed by atoms with Gasteiger partial charge in [0, 0.05) is 34.2 Å². The zero-order valence-electron chi connectivity index (χ0n) is 25.8. The van der Waals surface area contributed by atoms with E-state index in [0.717, 1.165) is 50.9 Å². The van der Waals surface area contributed by atoms with E-state index < -0.39 is 0 Å². The molecule has 0 saturated carbocycles. The number of aryl methyl sites for hydroxylation is 6. The summed E-state index contributed by atoms with van der Waals surface area (Å²) in [6, 6.07) is 5.78. The molecule has 3 heterocycles. The van der Waals surface area contributed by atoms with Crippen LogP contribution in [0.4, 0.5) is 17.8 Å². The summed E-state index contributed by atoms with van der Waals surface area (Å²) in [5, 5.41) is 10.0. The zero-order valence-corrected chi connectivity index (χ0v) is 25.8. The average Bonchev–Trinajstić information content (AvgIpc) is 2.91. The second-order valence-electron chi connectivity index (χ2n) is 10.0. The highest BCUT2D eigenvalue weighted by atomic mass is 16.5. The number of methoxy groups -OCH3 is 3. The Hall–Kier alpha value is -4.74. The van der Waals surface area contributed by atoms with Crippen LogP contribution in [0, 0.1) is 41.5 Å². The number of aromatic nitrogens is 6. The third-order valence-corrected chi connectivity index (χ3v) is 6.47. The summed E-state index contributed by atoms with van der Waals surface area (Å²) in [4.78, 5) is 27.2. The zero-order chi connectivity index (χ0) is 30.4. The normalized spacial score (nSPS) is 10.8. The van der Waals surface area contributed by atoms with Gasteiger partial charge in [0.15, 0.2) is 0 Å². The minimum absolute atomic E-state index is 0.333. The van der Waals surface area contributed by atoms with E-state index in [1.807, 2.05) is 59.7 Å². The quantitative estimate of drug-likeness (QED) is 0.215. The van der Waals surface area contributed by atoms with E-state index >= 15 is 0 Å². The van der Waals surface area contributed by atoms with Crippen LogP contribution in [0.2, 0.25) is 0 Å². The van der Waals surface area contributed by atoms with Crippen LogP contribution < -0.4 is 30.2 Å². The highest BCUT2D eigenvalue weighted by Crippen LogP contribution is 2.44.